The van der Waals surface area contributed by atoms with E-state index in [1.807, 2.05) is 13.8 Å². The van der Waals surface area contributed by atoms with Gasteiger partial charge in [0.05, 0.1) is 18.6 Å². The van der Waals surface area contributed by atoms with E-state index >= 15 is 0 Å². The summed E-state index contributed by atoms with van der Waals surface area (Å²) in [6.45, 7) is 3.98. The van der Waals surface area contributed by atoms with E-state index in [1.54, 1.807) is 30.5 Å². The van der Waals surface area contributed by atoms with Crippen LogP contribution < -0.4 is 5.32 Å². The Morgan fingerprint density at radius 2 is 2.05 bits per heavy atom. The number of furan rings is 2. The van der Waals surface area contributed by atoms with E-state index in [2.05, 4.69) is 10.3 Å². The molecular weight excluding hydrogens is 260 g/mol. The summed E-state index contributed by atoms with van der Waals surface area (Å²) in [6, 6.07) is 6.91. The maximum atomic E-state index is 11.9. The first-order chi connectivity index (χ1) is 9.65. The van der Waals surface area contributed by atoms with Crippen molar-refractivity contribution in [3.63, 3.8) is 0 Å². The summed E-state index contributed by atoms with van der Waals surface area (Å²) in [5.41, 5.74) is 0. The van der Waals surface area contributed by atoms with Crippen LogP contribution in [-0.4, -0.2) is 18.0 Å². The molecule has 0 saturated carbocycles. The number of aliphatic imine (C=N–C) groups is 1. The SMILES string of the molecule is CC(C)OC(=NCc1ccco1)NC(=O)c1ccco1. The van der Waals surface area contributed by atoms with Gasteiger partial charge in [0, 0.05) is 0 Å². The summed E-state index contributed by atoms with van der Waals surface area (Å²) >= 11 is 0. The third-order valence-corrected chi connectivity index (χ3v) is 2.27. The van der Waals surface area contributed by atoms with E-state index in [4.69, 9.17) is 13.6 Å². The molecule has 2 aromatic rings. The molecule has 0 spiro atoms. The van der Waals surface area contributed by atoms with E-state index in [-0.39, 0.29) is 24.4 Å². The lowest BCUT2D eigenvalue weighted by Crippen LogP contribution is -2.34. The second-order valence-electron chi connectivity index (χ2n) is 4.30. The molecule has 1 N–H and O–H groups in total. The second-order valence-corrected chi connectivity index (χ2v) is 4.30. The number of hydrogen-bond acceptors (Lipinski definition) is 5. The maximum absolute atomic E-state index is 11.9. The maximum Gasteiger partial charge on any atom is 0.294 e. The summed E-state index contributed by atoms with van der Waals surface area (Å²) < 4.78 is 15.6. The quantitative estimate of drug-likeness (QED) is 0.687. The Morgan fingerprint density at radius 1 is 1.30 bits per heavy atom. The van der Waals surface area contributed by atoms with Gasteiger partial charge in [-0.2, -0.15) is 0 Å². The highest BCUT2D eigenvalue weighted by molar-refractivity contribution is 6.02. The number of carbonyl (C=O) groups excluding carboxylic acids is 1. The highest BCUT2D eigenvalue weighted by Gasteiger charge is 2.13. The Morgan fingerprint density at radius 3 is 2.65 bits per heavy atom. The molecule has 0 saturated heterocycles. The molecule has 2 rings (SSSR count). The number of carbonyl (C=O) groups is 1. The van der Waals surface area contributed by atoms with Gasteiger partial charge in [0.1, 0.15) is 12.3 Å². The fraction of sp³-hybridized carbons (Fsp3) is 0.286. The molecule has 0 radical (unpaired) electrons. The molecule has 2 heterocycles. The van der Waals surface area contributed by atoms with Gasteiger partial charge in [-0.3, -0.25) is 10.1 Å². The molecule has 0 aliphatic heterocycles. The summed E-state index contributed by atoms with van der Waals surface area (Å²) in [7, 11) is 0. The highest BCUT2D eigenvalue weighted by Crippen LogP contribution is 2.04. The Labute approximate surface area is 116 Å². The van der Waals surface area contributed by atoms with E-state index in [0.29, 0.717) is 5.76 Å². The fourth-order valence-electron chi connectivity index (χ4n) is 1.45. The van der Waals surface area contributed by atoms with E-state index in [1.165, 1.54) is 6.26 Å². The smallest absolute Gasteiger partial charge is 0.294 e. The van der Waals surface area contributed by atoms with Crippen molar-refractivity contribution in [2.24, 2.45) is 4.99 Å². The summed E-state index contributed by atoms with van der Waals surface area (Å²) in [6.07, 6.45) is 2.88. The first kappa shape index (κ1) is 13.9. The van der Waals surface area contributed by atoms with Gasteiger partial charge in [-0.15, -0.1) is 0 Å². The van der Waals surface area contributed by atoms with Crippen LogP contribution in [0.1, 0.15) is 30.2 Å². The van der Waals surface area contributed by atoms with Gasteiger partial charge >= 0.3 is 0 Å². The molecule has 1 amide bonds. The third-order valence-electron chi connectivity index (χ3n) is 2.27. The summed E-state index contributed by atoms with van der Waals surface area (Å²) in [5.74, 6) is 0.471. The van der Waals surface area contributed by atoms with Crippen molar-refractivity contribution >= 4 is 11.9 Å². The molecule has 2 aromatic heterocycles. The number of amidine groups is 1. The average molecular weight is 276 g/mol. The molecule has 106 valence electrons. The largest absolute Gasteiger partial charge is 0.467 e. The zero-order valence-corrected chi connectivity index (χ0v) is 11.3. The van der Waals surface area contributed by atoms with E-state index < -0.39 is 5.91 Å². The van der Waals surface area contributed by atoms with Gasteiger partial charge in [-0.05, 0) is 38.1 Å². The second kappa shape index (κ2) is 6.60. The Hall–Kier alpha value is -2.50. The summed E-state index contributed by atoms with van der Waals surface area (Å²) in [4.78, 5) is 16.1. The molecule has 0 aromatic carbocycles. The van der Waals surface area contributed by atoms with Crippen molar-refractivity contribution in [1.29, 1.82) is 0 Å². The topological polar surface area (TPSA) is 77.0 Å². The lowest BCUT2D eigenvalue weighted by atomic mass is 10.4. The van der Waals surface area contributed by atoms with Gasteiger partial charge in [-0.25, -0.2) is 4.99 Å². The molecular formula is C14H16N2O4. The van der Waals surface area contributed by atoms with Crippen LogP contribution in [-0.2, 0) is 11.3 Å². The van der Waals surface area contributed by atoms with Gasteiger partial charge in [0.2, 0.25) is 0 Å². The molecule has 0 aliphatic carbocycles. The first-order valence-electron chi connectivity index (χ1n) is 6.23. The highest BCUT2D eigenvalue weighted by atomic mass is 16.5. The summed E-state index contributed by atoms with van der Waals surface area (Å²) in [5, 5.41) is 2.57. The van der Waals surface area contributed by atoms with Gasteiger partial charge in [0.25, 0.3) is 11.9 Å². The monoisotopic (exact) mass is 276 g/mol. The zero-order valence-electron chi connectivity index (χ0n) is 11.3. The van der Waals surface area contributed by atoms with Gasteiger partial charge in [0.15, 0.2) is 5.76 Å². The van der Waals surface area contributed by atoms with Crippen LogP contribution in [0.4, 0.5) is 0 Å². The van der Waals surface area contributed by atoms with Crippen LogP contribution in [0.2, 0.25) is 0 Å². The molecule has 0 bridgehead atoms. The lowest BCUT2D eigenvalue weighted by Gasteiger charge is -2.12. The van der Waals surface area contributed by atoms with Crippen molar-refractivity contribution in [2.45, 2.75) is 26.5 Å². The van der Waals surface area contributed by atoms with E-state index in [9.17, 15) is 4.79 Å². The molecule has 0 aliphatic rings. The Bertz CT molecular complexity index is 556. The van der Waals surface area contributed by atoms with Crippen LogP contribution in [0.3, 0.4) is 0 Å². The van der Waals surface area contributed by atoms with Crippen LogP contribution >= 0.6 is 0 Å². The molecule has 0 atom stereocenters. The molecule has 0 unspecified atom stereocenters. The molecule has 0 fully saturated rings. The number of nitrogens with zero attached hydrogens (tertiary/aromatic N) is 1. The Kier molecular flexibility index (Phi) is 4.60. The van der Waals surface area contributed by atoms with Crippen molar-refractivity contribution in [2.75, 3.05) is 0 Å². The van der Waals surface area contributed by atoms with Crippen LogP contribution in [0.25, 0.3) is 0 Å². The number of rotatable bonds is 4. The Balaban J connectivity index is 2.03. The fourth-order valence-corrected chi connectivity index (χ4v) is 1.45. The number of amides is 1. The minimum absolute atomic E-state index is 0.109. The lowest BCUT2D eigenvalue weighted by molar-refractivity contribution is 0.0932. The van der Waals surface area contributed by atoms with Gasteiger partial charge in [-0.1, -0.05) is 0 Å². The van der Waals surface area contributed by atoms with Crippen molar-refractivity contribution in [3.05, 3.63) is 48.3 Å². The average Bonchev–Trinajstić information content (AvgIpc) is 3.08. The first-order valence-corrected chi connectivity index (χ1v) is 6.23. The number of ether oxygens (including phenoxy) is 1. The molecule has 20 heavy (non-hydrogen) atoms. The predicted octanol–water partition coefficient (Wildman–Crippen LogP) is 2.58. The van der Waals surface area contributed by atoms with Crippen molar-refractivity contribution < 1.29 is 18.4 Å². The van der Waals surface area contributed by atoms with Gasteiger partial charge < -0.3 is 13.6 Å². The van der Waals surface area contributed by atoms with Crippen LogP contribution in [0.15, 0.2) is 50.6 Å². The number of hydrogen-bond donors (Lipinski definition) is 1. The van der Waals surface area contributed by atoms with Crippen molar-refractivity contribution in [1.82, 2.24) is 5.32 Å². The normalized spacial score (nSPS) is 11.7. The van der Waals surface area contributed by atoms with Crippen molar-refractivity contribution in [3.8, 4) is 0 Å². The van der Waals surface area contributed by atoms with Crippen LogP contribution in [0, 0.1) is 0 Å². The number of nitrogens with one attached hydrogen (secondary N) is 1. The van der Waals surface area contributed by atoms with E-state index in [0.717, 1.165) is 0 Å². The van der Waals surface area contributed by atoms with Crippen LogP contribution in [0.5, 0.6) is 0 Å². The molecule has 6 heteroatoms. The minimum Gasteiger partial charge on any atom is -0.467 e. The third kappa shape index (κ3) is 4.01. The predicted molar refractivity (Wildman–Crippen MR) is 72.2 cm³/mol. The standard InChI is InChI=1S/C14H16N2O4/c1-10(2)20-14(15-9-11-5-3-7-18-11)16-13(17)12-6-4-8-19-12/h3-8,10H,9H2,1-2H3,(H,15,16,17). The zero-order chi connectivity index (χ0) is 14.4. The minimum atomic E-state index is -0.408. The molecule has 6 nitrogen and oxygen atoms in total.